The molecule has 1 aliphatic rings. The van der Waals surface area contributed by atoms with E-state index in [0.29, 0.717) is 6.61 Å². The Morgan fingerprint density at radius 2 is 1.82 bits per heavy atom. The Bertz CT molecular complexity index is 460. The molecule has 0 spiro atoms. The van der Waals surface area contributed by atoms with Gasteiger partial charge in [-0.05, 0) is 52.0 Å². The van der Waals surface area contributed by atoms with Gasteiger partial charge in [-0.1, -0.05) is 37.3 Å². The summed E-state index contributed by atoms with van der Waals surface area (Å²) in [5.41, 5.74) is 1.30. The Kier molecular flexibility index (Phi) is 5.65. The van der Waals surface area contributed by atoms with Gasteiger partial charge in [0.25, 0.3) is 0 Å². The van der Waals surface area contributed by atoms with E-state index < -0.39 is 0 Å². The van der Waals surface area contributed by atoms with Gasteiger partial charge in [0.05, 0.1) is 6.61 Å². The van der Waals surface area contributed by atoms with Gasteiger partial charge in [0, 0.05) is 18.2 Å². The van der Waals surface area contributed by atoms with Crippen LogP contribution in [0, 0.1) is 0 Å². The minimum atomic E-state index is -0.0607. The van der Waals surface area contributed by atoms with Gasteiger partial charge < -0.3 is 4.74 Å². The average Bonchev–Trinajstić information content (AvgIpc) is 2.50. The third-order valence-electron chi connectivity index (χ3n) is 5.03. The van der Waals surface area contributed by atoms with Crippen LogP contribution in [-0.4, -0.2) is 29.9 Å². The molecule has 1 heterocycles. The predicted molar refractivity (Wildman–Crippen MR) is 90.6 cm³/mol. The number of hydrogen-bond donors (Lipinski definition) is 0. The number of rotatable bonds is 6. The van der Waals surface area contributed by atoms with Gasteiger partial charge in [0.2, 0.25) is 0 Å². The molecule has 0 aliphatic carbocycles. The van der Waals surface area contributed by atoms with Crippen molar-refractivity contribution in [2.45, 2.75) is 70.6 Å². The van der Waals surface area contributed by atoms with Gasteiger partial charge in [-0.2, -0.15) is 5.06 Å². The van der Waals surface area contributed by atoms with Gasteiger partial charge in [-0.3, -0.25) is 4.84 Å². The second-order valence-electron chi connectivity index (χ2n) is 7.27. The molecule has 2 rings (SSSR count). The normalized spacial score (nSPS) is 26.8. The highest BCUT2D eigenvalue weighted by Gasteiger charge is 2.45. The zero-order valence-electron chi connectivity index (χ0n) is 14.8. The lowest BCUT2D eigenvalue weighted by Gasteiger charge is -2.53. The second kappa shape index (κ2) is 7.12. The molecule has 1 aromatic carbocycles. The zero-order chi connectivity index (χ0) is 16.2. The molecule has 1 aliphatic heterocycles. The molecule has 124 valence electrons. The van der Waals surface area contributed by atoms with Crippen LogP contribution in [0.25, 0.3) is 0 Å². The Balaban J connectivity index is 2.26. The smallest absolute Gasteiger partial charge is 0.128 e. The van der Waals surface area contributed by atoms with E-state index in [0.717, 1.165) is 12.8 Å². The van der Waals surface area contributed by atoms with Gasteiger partial charge in [0.15, 0.2) is 0 Å². The number of benzene rings is 1. The van der Waals surface area contributed by atoms with E-state index in [-0.39, 0.29) is 17.2 Å². The van der Waals surface area contributed by atoms with E-state index in [1.807, 2.05) is 6.07 Å². The first-order valence-corrected chi connectivity index (χ1v) is 8.44. The molecule has 1 fully saturated rings. The van der Waals surface area contributed by atoms with Crippen molar-refractivity contribution in [3.8, 4) is 0 Å². The molecule has 0 amide bonds. The lowest BCUT2D eigenvalue weighted by molar-refractivity contribution is -0.316. The topological polar surface area (TPSA) is 21.7 Å². The SMILES string of the molecule is CCC1(C)CCCC(C)(C)N1OC(COC)c1ccccc1. The lowest BCUT2D eigenvalue weighted by Crippen LogP contribution is -2.59. The Labute approximate surface area is 135 Å². The van der Waals surface area contributed by atoms with Crippen molar-refractivity contribution in [2.75, 3.05) is 13.7 Å². The minimum absolute atomic E-state index is 0.0454. The highest BCUT2D eigenvalue weighted by atomic mass is 16.7. The number of nitrogens with zero attached hydrogens (tertiary/aromatic N) is 1. The second-order valence-corrected chi connectivity index (χ2v) is 7.27. The number of hydroxylamine groups is 2. The van der Waals surface area contributed by atoms with Crippen molar-refractivity contribution < 1.29 is 9.57 Å². The van der Waals surface area contributed by atoms with Crippen molar-refractivity contribution in [3.05, 3.63) is 35.9 Å². The van der Waals surface area contributed by atoms with Crippen LogP contribution in [0.2, 0.25) is 0 Å². The summed E-state index contributed by atoms with van der Waals surface area (Å²) in [5.74, 6) is 0. The summed E-state index contributed by atoms with van der Waals surface area (Å²) >= 11 is 0. The minimum Gasteiger partial charge on any atom is -0.382 e. The third kappa shape index (κ3) is 3.70. The highest BCUT2D eigenvalue weighted by Crippen LogP contribution is 2.42. The first-order valence-electron chi connectivity index (χ1n) is 8.44. The maximum absolute atomic E-state index is 6.55. The summed E-state index contributed by atoms with van der Waals surface area (Å²) in [6.45, 7) is 9.72. The van der Waals surface area contributed by atoms with E-state index in [1.54, 1.807) is 7.11 Å². The molecule has 22 heavy (non-hydrogen) atoms. The molecular formula is C19H31NO2. The first kappa shape index (κ1) is 17.5. The zero-order valence-corrected chi connectivity index (χ0v) is 14.8. The summed E-state index contributed by atoms with van der Waals surface area (Å²) in [6, 6.07) is 10.4. The maximum atomic E-state index is 6.55. The fraction of sp³-hybridized carbons (Fsp3) is 0.684. The molecule has 1 saturated heterocycles. The molecule has 3 heteroatoms. The Morgan fingerprint density at radius 3 is 2.41 bits per heavy atom. The van der Waals surface area contributed by atoms with Crippen LogP contribution in [0.15, 0.2) is 30.3 Å². The third-order valence-corrected chi connectivity index (χ3v) is 5.03. The predicted octanol–water partition coefficient (Wildman–Crippen LogP) is 4.74. The maximum Gasteiger partial charge on any atom is 0.128 e. The molecule has 0 bridgehead atoms. The number of piperidine rings is 1. The van der Waals surface area contributed by atoms with E-state index in [4.69, 9.17) is 9.57 Å². The van der Waals surface area contributed by atoms with Crippen LogP contribution in [-0.2, 0) is 9.57 Å². The van der Waals surface area contributed by atoms with Crippen LogP contribution < -0.4 is 0 Å². The standard InChI is InChI=1S/C19H31NO2/c1-6-19(4)14-10-13-18(2,3)20(19)22-17(15-21-5)16-11-8-7-9-12-16/h7-9,11-12,17H,6,10,13-15H2,1-5H3. The van der Waals surface area contributed by atoms with Crippen molar-refractivity contribution in [2.24, 2.45) is 0 Å². The van der Waals surface area contributed by atoms with Crippen molar-refractivity contribution >= 4 is 0 Å². The van der Waals surface area contributed by atoms with Crippen molar-refractivity contribution in [3.63, 3.8) is 0 Å². The summed E-state index contributed by atoms with van der Waals surface area (Å²) in [7, 11) is 1.74. The van der Waals surface area contributed by atoms with Crippen molar-refractivity contribution in [1.82, 2.24) is 5.06 Å². The lowest BCUT2D eigenvalue weighted by atomic mass is 9.79. The first-order chi connectivity index (χ1) is 10.4. The van der Waals surface area contributed by atoms with Gasteiger partial charge in [-0.25, -0.2) is 0 Å². The van der Waals surface area contributed by atoms with Gasteiger partial charge in [-0.15, -0.1) is 0 Å². The summed E-state index contributed by atoms with van der Waals surface area (Å²) in [6.07, 6.45) is 4.63. The molecule has 2 atom stereocenters. The van der Waals surface area contributed by atoms with Gasteiger partial charge >= 0.3 is 0 Å². The fourth-order valence-corrected chi connectivity index (χ4v) is 3.56. The van der Waals surface area contributed by atoms with E-state index >= 15 is 0 Å². The van der Waals surface area contributed by atoms with E-state index in [2.05, 4.69) is 57.0 Å². The number of hydrogen-bond acceptors (Lipinski definition) is 3. The van der Waals surface area contributed by atoms with Crippen LogP contribution >= 0.6 is 0 Å². The molecule has 1 aromatic rings. The fourth-order valence-electron chi connectivity index (χ4n) is 3.56. The Morgan fingerprint density at radius 1 is 1.14 bits per heavy atom. The molecular weight excluding hydrogens is 274 g/mol. The summed E-state index contributed by atoms with van der Waals surface area (Å²) < 4.78 is 5.42. The molecule has 0 saturated carbocycles. The molecule has 2 unspecified atom stereocenters. The van der Waals surface area contributed by atoms with Crippen molar-refractivity contribution in [1.29, 1.82) is 0 Å². The molecule has 0 aromatic heterocycles. The van der Waals surface area contributed by atoms with E-state index in [9.17, 15) is 0 Å². The van der Waals surface area contributed by atoms with E-state index in [1.165, 1.54) is 18.4 Å². The summed E-state index contributed by atoms with van der Waals surface area (Å²) in [4.78, 5) is 6.55. The molecule has 0 N–H and O–H groups in total. The van der Waals surface area contributed by atoms with Crippen LogP contribution in [0.3, 0.4) is 0 Å². The monoisotopic (exact) mass is 305 g/mol. The average molecular weight is 305 g/mol. The summed E-state index contributed by atoms with van der Waals surface area (Å²) in [5, 5.41) is 2.26. The Hall–Kier alpha value is -0.900. The number of methoxy groups -OCH3 is 1. The van der Waals surface area contributed by atoms with Crippen LogP contribution in [0.5, 0.6) is 0 Å². The highest BCUT2D eigenvalue weighted by molar-refractivity contribution is 5.17. The van der Waals surface area contributed by atoms with Crippen LogP contribution in [0.1, 0.15) is 65.0 Å². The molecule has 3 nitrogen and oxygen atoms in total. The number of ether oxygens (including phenoxy) is 1. The largest absolute Gasteiger partial charge is 0.382 e. The van der Waals surface area contributed by atoms with Crippen LogP contribution in [0.4, 0.5) is 0 Å². The quantitative estimate of drug-likeness (QED) is 0.758. The van der Waals surface area contributed by atoms with Gasteiger partial charge in [0.1, 0.15) is 6.10 Å². The molecule has 0 radical (unpaired) electrons.